The summed E-state index contributed by atoms with van der Waals surface area (Å²) >= 11 is 0. The molecule has 0 spiro atoms. The second kappa shape index (κ2) is 5.56. The quantitative estimate of drug-likeness (QED) is 0.885. The van der Waals surface area contributed by atoms with E-state index in [1.807, 2.05) is 26.0 Å². The van der Waals surface area contributed by atoms with E-state index in [9.17, 15) is 9.59 Å². The highest BCUT2D eigenvalue weighted by Gasteiger charge is 2.17. The fraction of sp³-hybridized carbons (Fsp3) is 0.214. The zero-order valence-electron chi connectivity index (χ0n) is 11.4. The van der Waals surface area contributed by atoms with Crippen LogP contribution < -0.4 is 11.1 Å². The molecule has 20 heavy (non-hydrogen) atoms. The van der Waals surface area contributed by atoms with E-state index in [1.54, 1.807) is 23.0 Å². The smallest absolute Gasteiger partial charge is 0.271 e. The van der Waals surface area contributed by atoms with Crippen LogP contribution in [-0.2, 0) is 6.54 Å². The Morgan fingerprint density at radius 3 is 2.65 bits per heavy atom. The van der Waals surface area contributed by atoms with E-state index in [1.165, 1.54) is 0 Å². The van der Waals surface area contributed by atoms with Gasteiger partial charge in [-0.1, -0.05) is 18.2 Å². The van der Waals surface area contributed by atoms with Crippen molar-refractivity contribution in [3.63, 3.8) is 0 Å². The van der Waals surface area contributed by atoms with Crippen molar-refractivity contribution in [2.24, 2.45) is 5.73 Å². The molecule has 0 aliphatic rings. The van der Waals surface area contributed by atoms with Crippen LogP contribution in [0.25, 0.3) is 0 Å². The van der Waals surface area contributed by atoms with Gasteiger partial charge < -0.3 is 11.1 Å². The SMILES string of the molecule is CCn1cc(NC(=O)c2ccccc2C)c(C(N)=O)n1. The highest BCUT2D eigenvalue weighted by Crippen LogP contribution is 2.16. The maximum Gasteiger partial charge on any atom is 0.271 e. The van der Waals surface area contributed by atoms with Gasteiger partial charge in [0.25, 0.3) is 11.8 Å². The molecule has 6 heteroatoms. The molecule has 2 amide bonds. The number of rotatable bonds is 4. The largest absolute Gasteiger partial charge is 0.364 e. The lowest BCUT2D eigenvalue weighted by Gasteiger charge is -2.06. The Kier molecular flexibility index (Phi) is 3.84. The Balaban J connectivity index is 2.30. The molecule has 104 valence electrons. The second-order valence-electron chi connectivity index (χ2n) is 4.38. The summed E-state index contributed by atoms with van der Waals surface area (Å²) < 4.78 is 1.55. The first-order valence-electron chi connectivity index (χ1n) is 6.27. The van der Waals surface area contributed by atoms with E-state index in [0.717, 1.165) is 5.56 Å². The zero-order chi connectivity index (χ0) is 14.7. The predicted octanol–water partition coefficient (Wildman–Crippen LogP) is 1.56. The third-order valence-corrected chi connectivity index (χ3v) is 2.96. The van der Waals surface area contributed by atoms with Gasteiger partial charge in [-0.25, -0.2) is 0 Å². The molecule has 6 nitrogen and oxygen atoms in total. The van der Waals surface area contributed by atoms with Crippen LogP contribution in [0.3, 0.4) is 0 Å². The molecule has 0 bridgehead atoms. The Bertz CT molecular complexity index is 661. The molecule has 1 aromatic heterocycles. The lowest BCUT2D eigenvalue weighted by atomic mass is 10.1. The Hall–Kier alpha value is -2.63. The number of carbonyl (C=O) groups excluding carboxylic acids is 2. The molecule has 0 fully saturated rings. The third-order valence-electron chi connectivity index (χ3n) is 2.96. The van der Waals surface area contributed by atoms with Crippen molar-refractivity contribution in [2.75, 3.05) is 5.32 Å². The van der Waals surface area contributed by atoms with Crippen LogP contribution in [0.15, 0.2) is 30.5 Å². The van der Waals surface area contributed by atoms with Crippen molar-refractivity contribution in [3.8, 4) is 0 Å². The molecule has 0 radical (unpaired) electrons. The van der Waals surface area contributed by atoms with Crippen molar-refractivity contribution in [1.29, 1.82) is 0 Å². The average molecular weight is 272 g/mol. The number of carbonyl (C=O) groups is 2. The van der Waals surface area contributed by atoms with Gasteiger partial charge in [0.1, 0.15) is 0 Å². The van der Waals surface area contributed by atoms with E-state index in [-0.39, 0.29) is 11.6 Å². The molecule has 1 heterocycles. The van der Waals surface area contributed by atoms with Crippen molar-refractivity contribution >= 4 is 17.5 Å². The average Bonchev–Trinajstić information content (AvgIpc) is 2.82. The Morgan fingerprint density at radius 1 is 1.35 bits per heavy atom. The van der Waals surface area contributed by atoms with Gasteiger partial charge in [0, 0.05) is 18.3 Å². The molecule has 0 saturated carbocycles. The number of hydrogen-bond donors (Lipinski definition) is 2. The molecule has 0 atom stereocenters. The summed E-state index contributed by atoms with van der Waals surface area (Å²) in [5.74, 6) is -0.960. The van der Waals surface area contributed by atoms with E-state index in [2.05, 4.69) is 10.4 Å². The van der Waals surface area contributed by atoms with E-state index >= 15 is 0 Å². The normalized spacial score (nSPS) is 10.3. The summed E-state index contributed by atoms with van der Waals surface area (Å²) in [4.78, 5) is 23.5. The standard InChI is InChI=1S/C14H16N4O2/c1-3-18-8-11(12(17-18)13(15)19)16-14(20)10-7-5-4-6-9(10)2/h4-8H,3H2,1-2H3,(H2,15,19)(H,16,20). The maximum atomic E-state index is 12.2. The first-order valence-corrected chi connectivity index (χ1v) is 6.27. The summed E-state index contributed by atoms with van der Waals surface area (Å²) in [5.41, 5.74) is 7.05. The van der Waals surface area contributed by atoms with Gasteiger partial charge in [0.2, 0.25) is 0 Å². The van der Waals surface area contributed by atoms with Gasteiger partial charge in [-0.15, -0.1) is 0 Å². The monoisotopic (exact) mass is 272 g/mol. The van der Waals surface area contributed by atoms with Gasteiger partial charge in [-0.05, 0) is 25.5 Å². The molecule has 0 aliphatic carbocycles. The number of hydrogen-bond acceptors (Lipinski definition) is 3. The summed E-state index contributed by atoms with van der Waals surface area (Å²) in [6.07, 6.45) is 1.59. The molecule has 2 aromatic rings. The third kappa shape index (κ3) is 2.69. The number of nitrogens with zero attached hydrogens (tertiary/aromatic N) is 2. The number of amides is 2. The minimum atomic E-state index is -0.669. The van der Waals surface area contributed by atoms with E-state index in [4.69, 9.17) is 5.73 Å². The van der Waals surface area contributed by atoms with Crippen LogP contribution in [-0.4, -0.2) is 21.6 Å². The van der Waals surface area contributed by atoms with E-state index in [0.29, 0.717) is 17.8 Å². The summed E-state index contributed by atoms with van der Waals surface area (Å²) in [7, 11) is 0. The number of aryl methyl sites for hydroxylation is 2. The highest BCUT2D eigenvalue weighted by molar-refractivity contribution is 6.08. The summed E-state index contributed by atoms with van der Waals surface area (Å²) in [6, 6.07) is 7.21. The highest BCUT2D eigenvalue weighted by atomic mass is 16.2. The molecule has 0 saturated heterocycles. The molecule has 0 aliphatic heterocycles. The fourth-order valence-electron chi connectivity index (χ4n) is 1.87. The topological polar surface area (TPSA) is 90.0 Å². The van der Waals surface area contributed by atoms with Crippen molar-refractivity contribution < 1.29 is 9.59 Å². The lowest BCUT2D eigenvalue weighted by molar-refractivity contribution is 0.0995. The minimum absolute atomic E-state index is 0.0637. The molecule has 2 rings (SSSR count). The lowest BCUT2D eigenvalue weighted by Crippen LogP contribution is -2.18. The number of anilines is 1. The molecule has 0 unspecified atom stereocenters. The molecular weight excluding hydrogens is 256 g/mol. The number of nitrogens with two attached hydrogens (primary N) is 1. The maximum absolute atomic E-state index is 12.2. The van der Waals surface area contributed by atoms with Crippen molar-refractivity contribution in [1.82, 2.24) is 9.78 Å². The van der Waals surface area contributed by atoms with Gasteiger partial charge in [0.05, 0.1) is 5.69 Å². The number of benzene rings is 1. The van der Waals surface area contributed by atoms with Crippen LogP contribution in [0.4, 0.5) is 5.69 Å². The number of nitrogens with one attached hydrogen (secondary N) is 1. The zero-order valence-corrected chi connectivity index (χ0v) is 11.4. The molecular formula is C14H16N4O2. The van der Waals surface area contributed by atoms with Crippen molar-refractivity contribution in [2.45, 2.75) is 20.4 Å². The van der Waals surface area contributed by atoms with Crippen LogP contribution in [0, 0.1) is 6.92 Å². The van der Waals surface area contributed by atoms with Crippen molar-refractivity contribution in [3.05, 3.63) is 47.3 Å². The van der Waals surface area contributed by atoms with Crippen LogP contribution in [0.5, 0.6) is 0 Å². The van der Waals surface area contributed by atoms with Gasteiger partial charge in [-0.2, -0.15) is 5.10 Å². The van der Waals surface area contributed by atoms with Gasteiger partial charge in [0.15, 0.2) is 5.69 Å². The first kappa shape index (κ1) is 13.8. The number of aromatic nitrogens is 2. The van der Waals surface area contributed by atoms with Crippen LogP contribution in [0.1, 0.15) is 33.3 Å². The predicted molar refractivity (Wildman–Crippen MR) is 75.6 cm³/mol. The summed E-state index contributed by atoms with van der Waals surface area (Å²) in [6.45, 7) is 4.31. The van der Waals surface area contributed by atoms with Crippen LogP contribution >= 0.6 is 0 Å². The summed E-state index contributed by atoms with van der Waals surface area (Å²) in [5, 5.41) is 6.71. The Morgan fingerprint density at radius 2 is 2.05 bits per heavy atom. The fourth-order valence-corrected chi connectivity index (χ4v) is 1.87. The van der Waals surface area contributed by atoms with E-state index < -0.39 is 5.91 Å². The van der Waals surface area contributed by atoms with Crippen LogP contribution in [0.2, 0.25) is 0 Å². The second-order valence-corrected chi connectivity index (χ2v) is 4.38. The molecule has 3 N–H and O–H groups in total. The van der Waals surface area contributed by atoms with Gasteiger partial charge in [-0.3, -0.25) is 14.3 Å². The first-order chi connectivity index (χ1) is 9.52. The van der Waals surface area contributed by atoms with Gasteiger partial charge >= 0.3 is 0 Å². The molecule has 1 aromatic carbocycles. The minimum Gasteiger partial charge on any atom is -0.364 e. The Labute approximate surface area is 116 Å². The number of primary amides is 1.